The van der Waals surface area contributed by atoms with E-state index >= 15 is 0 Å². The van der Waals surface area contributed by atoms with E-state index in [0.29, 0.717) is 0 Å². The summed E-state index contributed by atoms with van der Waals surface area (Å²) in [5.74, 6) is 0. The third-order valence-corrected chi connectivity index (χ3v) is 7.48. The summed E-state index contributed by atoms with van der Waals surface area (Å²) >= 11 is 0. The first kappa shape index (κ1) is 42.6. The minimum absolute atomic E-state index is 0.0351. The summed E-state index contributed by atoms with van der Waals surface area (Å²) < 4.78 is 0. The van der Waals surface area contributed by atoms with Crippen molar-refractivity contribution in [3.8, 4) is 11.1 Å². The van der Waals surface area contributed by atoms with Crippen molar-refractivity contribution >= 4 is 12.2 Å². The van der Waals surface area contributed by atoms with Gasteiger partial charge in [-0.1, -0.05) is 205 Å². The second kappa shape index (κ2) is 23.9. The van der Waals surface area contributed by atoms with Crippen LogP contribution in [-0.2, 0) is 5.41 Å². The van der Waals surface area contributed by atoms with Crippen molar-refractivity contribution in [2.24, 2.45) is 0 Å². The SMILES string of the molecule is C=C(C)CCCC.C=CC(=C)C.C=Cc1ccc(-c2ccc(C)cc2)cc1.C=Cc1ccc(C(C)(C)c2ccc(C)cc2)cc1.CC. The number of aryl methyl sites for hydroxylation is 2. The van der Waals surface area contributed by atoms with Gasteiger partial charge in [0, 0.05) is 5.41 Å². The molecule has 0 aliphatic carbocycles. The van der Waals surface area contributed by atoms with E-state index in [4.69, 9.17) is 0 Å². The van der Waals surface area contributed by atoms with Gasteiger partial charge in [-0.3, -0.25) is 0 Å². The minimum Gasteiger partial charge on any atom is -0.100 e. The molecule has 0 heterocycles. The molecule has 0 nitrogen and oxygen atoms in total. The first-order valence-corrected chi connectivity index (χ1v) is 16.9. The van der Waals surface area contributed by atoms with Crippen LogP contribution in [0.1, 0.15) is 101 Å². The second-order valence-electron chi connectivity index (χ2n) is 12.1. The highest BCUT2D eigenvalue weighted by atomic mass is 14.3. The lowest BCUT2D eigenvalue weighted by molar-refractivity contribution is 0.640. The van der Waals surface area contributed by atoms with Crippen LogP contribution >= 0.6 is 0 Å². The molecule has 0 saturated carbocycles. The molecule has 0 saturated heterocycles. The van der Waals surface area contributed by atoms with Crippen LogP contribution in [0.3, 0.4) is 0 Å². The number of hydrogen-bond donors (Lipinski definition) is 0. The van der Waals surface area contributed by atoms with Gasteiger partial charge in [0.25, 0.3) is 0 Å². The molecule has 0 N–H and O–H groups in total. The summed E-state index contributed by atoms with van der Waals surface area (Å²) in [5, 5.41) is 0. The smallest absolute Gasteiger partial charge is 0.0146 e. The fourth-order valence-corrected chi connectivity index (χ4v) is 4.21. The number of rotatable bonds is 9. The van der Waals surface area contributed by atoms with Crippen molar-refractivity contribution in [3.63, 3.8) is 0 Å². The molecule has 4 rings (SSSR count). The molecule has 0 aliphatic heterocycles. The fraction of sp³-hybridized carbons (Fsp3) is 0.277. The van der Waals surface area contributed by atoms with Gasteiger partial charge in [-0.2, -0.15) is 0 Å². The minimum atomic E-state index is 0.0351. The van der Waals surface area contributed by atoms with Crippen molar-refractivity contribution in [3.05, 3.63) is 181 Å². The topological polar surface area (TPSA) is 0 Å². The van der Waals surface area contributed by atoms with Crippen LogP contribution in [0, 0.1) is 13.8 Å². The molecule has 0 spiro atoms. The average Bonchev–Trinajstić information content (AvgIpc) is 3.09. The molecule has 4 aromatic rings. The standard InChI is InChI=1S/C18H20.C15H14.C7H14.C5H8.C2H6/c1-5-15-8-12-17(13-9-15)18(3,4)16-10-6-14(2)7-11-16;1-3-13-6-10-15(11-7-13)14-8-4-12(2)5-9-14;1-4-5-6-7(2)3;1-4-5(2)3;1-2/h5-13H,1H2,2-4H3;3-11H,1H2,2H3;2,4-6H2,1,3H3;4H,1-2H2,3H3;1-2H3. The van der Waals surface area contributed by atoms with E-state index < -0.39 is 0 Å². The quantitative estimate of drug-likeness (QED) is 0.128. The number of unbranched alkanes of at least 4 members (excludes halogenated alkanes) is 1. The molecule has 250 valence electrons. The molecule has 0 heteroatoms. The van der Waals surface area contributed by atoms with E-state index in [1.807, 2.05) is 32.9 Å². The molecule has 0 amide bonds. The normalized spacial score (nSPS) is 9.64. The van der Waals surface area contributed by atoms with Crippen molar-refractivity contribution in [1.82, 2.24) is 0 Å². The highest BCUT2D eigenvalue weighted by molar-refractivity contribution is 5.65. The third-order valence-electron chi connectivity index (χ3n) is 7.48. The van der Waals surface area contributed by atoms with Crippen molar-refractivity contribution in [2.45, 2.75) is 87.0 Å². The van der Waals surface area contributed by atoms with E-state index in [0.717, 1.165) is 11.1 Å². The summed E-state index contributed by atoms with van der Waals surface area (Å²) in [4.78, 5) is 0. The molecule has 47 heavy (non-hydrogen) atoms. The van der Waals surface area contributed by atoms with Gasteiger partial charge in [-0.15, -0.1) is 6.58 Å². The van der Waals surface area contributed by atoms with Crippen LogP contribution in [0.15, 0.2) is 147 Å². The predicted octanol–water partition coefficient (Wildman–Crippen LogP) is 14.8. The molecule has 0 radical (unpaired) electrons. The van der Waals surface area contributed by atoms with E-state index in [-0.39, 0.29) is 5.41 Å². The zero-order valence-corrected chi connectivity index (χ0v) is 31.1. The Hall–Kier alpha value is -4.42. The monoisotopic (exact) mass is 626 g/mol. The zero-order chi connectivity index (χ0) is 35.8. The largest absolute Gasteiger partial charge is 0.100 e. The Labute approximate surface area is 290 Å². The Morgan fingerprint density at radius 3 is 1.21 bits per heavy atom. The second-order valence-corrected chi connectivity index (χ2v) is 12.1. The summed E-state index contributed by atoms with van der Waals surface area (Å²) in [7, 11) is 0. The van der Waals surface area contributed by atoms with Crippen LogP contribution in [0.25, 0.3) is 23.3 Å². The van der Waals surface area contributed by atoms with Crippen LogP contribution in [0.2, 0.25) is 0 Å². The van der Waals surface area contributed by atoms with E-state index in [2.05, 4.69) is 171 Å². The summed E-state index contributed by atoms with van der Waals surface area (Å²) in [6, 6.07) is 34.4. The van der Waals surface area contributed by atoms with E-state index in [9.17, 15) is 0 Å². The molecule has 0 bridgehead atoms. The Bertz CT molecular complexity index is 1460. The van der Waals surface area contributed by atoms with Crippen molar-refractivity contribution < 1.29 is 0 Å². The maximum Gasteiger partial charge on any atom is 0.0146 e. The van der Waals surface area contributed by atoms with Gasteiger partial charge in [0.1, 0.15) is 0 Å². The summed E-state index contributed by atoms with van der Waals surface area (Å²) in [6.07, 6.45) is 9.25. The molecule has 0 aromatic heterocycles. The van der Waals surface area contributed by atoms with Gasteiger partial charge in [0.05, 0.1) is 0 Å². The third kappa shape index (κ3) is 17.2. The Kier molecular flexibility index (Phi) is 21.6. The van der Waals surface area contributed by atoms with Crippen molar-refractivity contribution in [2.75, 3.05) is 0 Å². The molecule has 0 unspecified atom stereocenters. The van der Waals surface area contributed by atoms with Crippen molar-refractivity contribution in [1.29, 1.82) is 0 Å². The Morgan fingerprint density at radius 2 is 0.915 bits per heavy atom. The van der Waals surface area contributed by atoms with Crippen LogP contribution in [0.5, 0.6) is 0 Å². The zero-order valence-electron chi connectivity index (χ0n) is 31.1. The lowest BCUT2D eigenvalue weighted by Crippen LogP contribution is -2.18. The van der Waals surface area contributed by atoms with Crippen LogP contribution < -0.4 is 0 Å². The van der Waals surface area contributed by atoms with Gasteiger partial charge in [0.2, 0.25) is 0 Å². The van der Waals surface area contributed by atoms with E-state index in [1.165, 1.54) is 63.8 Å². The molecule has 0 fully saturated rings. The number of benzene rings is 4. The van der Waals surface area contributed by atoms with E-state index in [1.54, 1.807) is 6.08 Å². The highest BCUT2D eigenvalue weighted by Gasteiger charge is 2.22. The molecule has 0 atom stereocenters. The van der Waals surface area contributed by atoms with Crippen LogP contribution in [-0.4, -0.2) is 0 Å². The lowest BCUT2D eigenvalue weighted by Gasteiger charge is -2.26. The Balaban J connectivity index is 0.000000654. The highest BCUT2D eigenvalue weighted by Crippen LogP contribution is 2.31. The predicted molar refractivity (Wildman–Crippen MR) is 217 cm³/mol. The average molecular weight is 627 g/mol. The fourth-order valence-electron chi connectivity index (χ4n) is 4.21. The molecular weight excluding hydrogens is 565 g/mol. The molecule has 4 aromatic carbocycles. The maximum atomic E-state index is 3.79. The van der Waals surface area contributed by atoms with Gasteiger partial charge >= 0.3 is 0 Å². The van der Waals surface area contributed by atoms with Gasteiger partial charge in [-0.05, 0) is 73.9 Å². The first-order valence-electron chi connectivity index (χ1n) is 16.9. The summed E-state index contributed by atoms with van der Waals surface area (Å²) in [6.45, 7) is 37.3. The Morgan fingerprint density at radius 1 is 0.596 bits per heavy atom. The van der Waals surface area contributed by atoms with Gasteiger partial charge < -0.3 is 0 Å². The number of allylic oxidation sites excluding steroid dienone is 3. The maximum absolute atomic E-state index is 3.79. The molecule has 0 aliphatic rings. The van der Waals surface area contributed by atoms with Gasteiger partial charge in [0.15, 0.2) is 0 Å². The van der Waals surface area contributed by atoms with Crippen LogP contribution in [0.4, 0.5) is 0 Å². The number of hydrogen-bond acceptors (Lipinski definition) is 0. The molecular formula is C47H62. The lowest BCUT2D eigenvalue weighted by atomic mass is 9.78. The first-order chi connectivity index (χ1) is 22.4. The summed E-state index contributed by atoms with van der Waals surface area (Å²) in [5.41, 5.74) is 12.5. The van der Waals surface area contributed by atoms with Gasteiger partial charge in [-0.25, -0.2) is 0 Å².